The maximum Gasteiger partial charge on any atom is 0.339 e. The van der Waals surface area contributed by atoms with E-state index < -0.39 is 28.4 Å². The summed E-state index contributed by atoms with van der Waals surface area (Å²) in [6, 6.07) is 10.5. The molecule has 0 heterocycles. The maximum absolute atomic E-state index is 12.4. The lowest BCUT2D eigenvalue weighted by Gasteiger charge is -2.22. The fraction of sp³-hybridized carbons (Fsp3) is 0.176. The Bertz CT molecular complexity index is 979. The zero-order valence-electron chi connectivity index (χ0n) is 14.4. The Morgan fingerprint density at radius 3 is 2.37 bits per heavy atom. The van der Waals surface area contributed by atoms with Crippen LogP contribution >= 0.6 is 23.2 Å². The molecule has 0 saturated carbocycles. The summed E-state index contributed by atoms with van der Waals surface area (Å²) >= 11 is 12.0. The number of amides is 1. The van der Waals surface area contributed by atoms with Gasteiger partial charge in [-0.2, -0.15) is 0 Å². The molecule has 2 aromatic carbocycles. The number of anilines is 2. The number of nitrogens with zero attached hydrogens (tertiary/aromatic N) is 1. The van der Waals surface area contributed by atoms with E-state index in [1.54, 1.807) is 12.1 Å². The van der Waals surface area contributed by atoms with E-state index in [9.17, 15) is 18.0 Å². The summed E-state index contributed by atoms with van der Waals surface area (Å²) in [6.45, 7) is -0.501. The largest absolute Gasteiger partial charge is 0.465 e. The van der Waals surface area contributed by atoms with Crippen molar-refractivity contribution in [1.82, 2.24) is 0 Å². The Morgan fingerprint density at radius 1 is 1.11 bits per heavy atom. The molecule has 0 saturated heterocycles. The molecule has 7 nitrogen and oxygen atoms in total. The van der Waals surface area contributed by atoms with E-state index in [0.717, 1.165) is 10.6 Å². The number of ether oxygens (including phenoxy) is 1. The second kappa shape index (κ2) is 8.60. The lowest BCUT2D eigenvalue weighted by atomic mass is 10.2. The third-order valence-corrected chi connectivity index (χ3v) is 5.24. The minimum Gasteiger partial charge on any atom is -0.465 e. The van der Waals surface area contributed by atoms with Gasteiger partial charge in [0, 0.05) is 5.69 Å². The van der Waals surface area contributed by atoms with E-state index in [0.29, 0.717) is 0 Å². The van der Waals surface area contributed by atoms with Crippen LogP contribution in [0, 0.1) is 0 Å². The van der Waals surface area contributed by atoms with Gasteiger partial charge in [-0.1, -0.05) is 35.3 Å². The van der Waals surface area contributed by atoms with Crippen molar-refractivity contribution in [2.75, 3.05) is 29.5 Å². The van der Waals surface area contributed by atoms with Crippen molar-refractivity contribution in [3.05, 3.63) is 58.1 Å². The van der Waals surface area contributed by atoms with E-state index >= 15 is 0 Å². The van der Waals surface area contributed by atoms with Crippen molar-refractivity contribution in [3.63, 3.8) is 0 Å². The molecule has 0 bridgehead atoms. The van der Waals surface area contributed by atoms with E-state index in [2.05, 4.69) is 10.1 Å². The summed E-state index contributed by atoms with van der Waals surface area (Å²) in [7, 11) is -2.56. The van der Waals surface area contributed by atoms with Crippen molar-refractivity contribution in [2.24, 2.45) is 0 Å². The van der Waals surface area contributed by atoms with Crippen LogP contribution in [0.2, 0.25) is 10.0 Å². The third-order valence-electron chi connectivity index (χ3n) is 3.46. The zero-order chi connectivity index (χ0) is 20.2. The molecule has 0 unspecified atom stereocenters. The van der Waals surface area contributed by atoms with Crippen LogP contribution in [-0.2, 0) is 19.6 Å². The second-order valence-corrected chi connectivity index (χ2v) is 8.18. The van der Waals surface area contributed by atoms with Crippen molar-refractivity contribution in [3.8, 4) is 0 Å². The molecule has 27 heavy (non-hydrogen) atoms. The molecule has 10 heteroatoms. The standard InChI is InChI=1S/C17H16Cl2N2O5S/c1-26-17(23)12-9-11(7-8-13(12)18)20-16(22)10-21(27(2,24)25)15-6-4-3-5-14(15)19/h3-9H,10H2,1-2H3,(H,20,22). The van der Waals surface area contributed by atoms with Crippen LogP contribution < -0.4 is 9.62 Å². The fourth-order valence-corrected chi connectivity index (χ4v) is 3.59. The summed E-state index contributed by atoms with van der Waals surface area (Å²) in [5.41, 5.74) is 0.517. The summed E-state index contributed by atoms with van der Waals surface area (Å²) in [5, 5.41) is 2.88. The second-order valence-electron chi connectivity index (χ2n) is 5.46. The average Bonchev–Trinajstić information content (AvgIpc) is 2.60. The van der Waals surface area contributed by atoms with Crippen molar-refractivity contribution >= 4 is 56.5 Å². The molecule has 1 N–H and O–H groups in total. The van der Waals surface area contributed by atoms with E-state index in [1.165, 1.54) is 37.4 Å². The number of carbonyl (C=O) groups excluding carboxylic acids is 2. The van der Waals surface area contributed by atoms with Gasteiger partial charge in [0.05, 0.1) is 34.7 Å². The third kappa shape index (κ3) is 5.35. The monoisotopic (exact) mass is 430 g/mol. The summed E-state index contributed by atoms with van der Waals surface area (Å²) in [4.78, 5) is 24.1. The van der Waals surface area contributed by atoms with E-state index in [-0.39, 0.29) is 27.0 Å². The number of halogens is 2. The van der Waals surface area contributed by atoms with Gasteiger partial charge >= 0.3 is 5.97 Å². The van der Waals surface area contributed by atoms with Gasteiger partial charge < -0.3 is 10.1 Å². The van der Waals surface area contributed by atoms with Crippen LogP contribution in [0.4, 0.5) is 11.4 Å². The first-order chi connectivity index (χ1) is 12.6. The fourth-order valence-electron chi connectivity index (χ4n) is 2.24. The molecule has 0 aliphatic carbocycles. The zero-order valence-corrected chi connectivity index (χ0v) is 16.7. The van der Waals surface area contributed by atoms with Gasteiger partial charge in [0.15, 0.2) is 0 Å². The Balaban J connectivity index is 2.25. The van der Waals surface area contributed by atoms with Crippen LogP contribution in [0.1, 0.15) is 10.4 Å². The molecule has 0 radical (unpaired) electrons. The topological polar surface area (TPSA) is 92.8 Å². The molecule has 0 aliphatic rings. The summed E-state index contributed by atoms with van der Waals surface area (Å²) in [6.07, 6.45) is 0.973. The molecule has 2 aromatic rings. The lowest BCUT2D eigenvalue weighted by molar-refractivity contribution is -0.114. The Labute approximate surface area is 166 Å². The van der Waals surface area contributed by atoms with Gasteiger partial charge in [0.2, 0.25) is 15.9 Å². The number of para-hydroxylation sites is 1. The highest BCUT2D eigenvalue weighted by Crippen LogP contribution is 2.27. The van der Waals surface area contributed by atoms with Gasteiger partial charge in [-0.3, -0.25) is 9.10 Å². The van der Waals surface area contributed by atoms with Crippen LogP contribution in [0.15, 0.2) is 42.5 Å². The summed E-state index contributed by atoms with van der Waals surface area (Å²) < 4.78 is 29.7. The Kier molecular flexibility index (Phi) is 6.69. The first-order valence-electron chi connectivity index (χ1n) is 7.53. The molecular weight excluding hydrogens is 415 g/mol. The lowest BCUT2D eigenvalue weighted by Crippen LogP contribution is -2.37. The molecule has 0 atom stereocenters. The van der Waals surface area contributed by atoms with Gasteiger partial charge in [-0.05, 0) is 30.3 Å². The number of hydrogen-bond acceptors (Lipinski definition) is 5. The molecule has 0 aliphatic heterocycles. The smallest absolute Gasteiger partial charge is 0.339 e. The SMILES string of the molecule is COC(=O)c1cc(NC(=O)CN(c2ccccc2Cl)S(C)(=O)=O)ccc1Cl. The Hall–Kier alpha value is -2.29. The normalized spacial score (nSPS) is 11.0. The van der Waals surface area contributed by atoms with Gasteiger partial charge in [0.25, 0.3) is 0 Å². The number of nitrogens with one attached hydrogen (secondary N) is 1. The maximum atomic E-state index is 12.4. The number of carbonyl (C=O) groups is 2. The van der Waals surface area contributed by atoms with Gasteiger partial charge in [-0.15, -0.1) is 0 Å². The minimum atomic E-state index is -3.77. The number of esters is 1. The van der Waals surface area contributed by atoms with Crippen LogP contribution in [0.25, 0.3) is 0 Å². The molecule has 1 amide bonds. The first-order valence-corrected chi connectivity index (χ1v) is 10.1. The van der Waals surface area contributed by atoms with Crippen LogP contribution in [-0.4, -0.2) is 40.2 Å². The molecule has 2 rings (SSSR count). The molecule has 0 spiro atoms. The van der Waals surface area contributed by atoms with E-state index in [1.807, 2.05) is 0 Å². The number of methoxy groups -OCH3 is 1. The quantitative estimate of drug-likeness (QED) is 0.710. The molecule has 144 valence electrons. The predicted molar refractivity (Wildman–Crippen MR) is 105 cm³/mol. The van der Waals surface area contributed by atoms with Crippen LogP contribution in [0.3, 0.4) is 0 Å². The van der Waals surface area contributed by atoms with Crippen LogP contribution in [0.5, 0.6) is 0 Å². The van der Waals surface area contributed by atoms with Crippen molar-refractivity contribution in [2.45, 2.75) is 0 Å². The van der Waals surface area contributed by atoms with Gasteiger partial charge in [0.1, 0.15) is 6.54 Å². The highest BCUT2D eigenvalue weighted by atomic mass is 35.5. The number of rotatable bonds is 6. The number of benzene rings is 2. The molecule has 0 aromatic heterocycles. The average molecular weight is 431 g/mol. The predicted octanol–water partition coefficient (Wildman–Crippen LogP) is 3.18. The highest BCUT2D eigenvalue weighted by molar-refractivity contribution is 7.92. The number of sulfonamides is 1. The number of hydrogen-bond donors (Lipinski definition) is 1. The first kappa shape index (κ1) is 21.0. The summed E-state index contributed by atoms with van der Waals surface area (Å²) in [5.74, 6) is -1.29. The molecule has 0 fully saturated rings. The molecular formula is C17H16Cl2N2O5S. The van der Waals surface area contributed by atoms with Crippen molar-refractivity contribution < 1.29 is 22.7 Å². The minimum absolute atomic E-state index is 0.0723. The van der Waals surface area contributed by atoms with Crippen molar-refractivity contribution in [1.29, 1.82) is 0 Å². The Morgan fingerprint density at radius 2 is 1.78 bits per heavy atom. The van der Waals surface area contributed by atoms with E-state index in [4.69, 9.17) is 23.2 Å². The van der Waals surface area contributed by atoms with Gasteiger partial charge in [-0.25, -0.2) is 13.2 Å². The highest BCUT2D eigenvalue weighted by Gasteiger charge is 2.23.